The quantitative estimate of drug-likeness (QED) is 0.864. The Bertz CT molecular complexity index is 889. The maximum atomic E-state index is 12.8. The number of aryl methyl sites for hydroxylation is 1. The summed E-state index contributed by atoms with van der Waals surface area (Å²) in [6.45, 7) is 0.991. The summed E-state index contributed by atoms with van der Waals surface area (Å²) in [5.74, 6) is -1.14. The highest BCUT2D eigenvalue weighted by molar-refractivity contribution is 5.94. The zero-order chi connectivity index (χ0) is 20.2. The predicted molar refractivity (Wildman–Crippen MR) is 93.1 cm³/mol. The number of hydrogen-bond acceptors (Lipinski definition) is 3. The van der Waals surface area contributed by atoms with Crippen molar-refractivity contribution in [3.05, 3.63) is 64.1 Å². The van der Waals surface area contributed by atoms with Crippen molar-refractivity contribution < 1.29 is 22.8 Å². The second-order valence-corrected chi connectivity index (χ2v) is 6.02. The molecule has 0 fully saturated rings. The van der Waals surface area contributed by atoms with Gasteiger partial charge in [-0.2, -0.15) is 13.2 Å². The summed E-state index contributed by atoms with van der Waals surface area (Å²) in [4.78, 5) is 37.1. The molecule has 1 N–H and O–H groups in total. The van der Waals surface area contributed by atoms with Crippen LogP contribution >= 0.6 is 0 Å². The van der Waals surface area contributed by atoms with Gasteiger partial charge in [-0.05, 0) is 31.2 Å². The number of likely N-dealkylation sites (N-methyl/N-ethyl adjacent to an activating group) is 1. The average Bonchev–Trinajstić information content (AvgIpc) is 2.57. The number of halogens is 3. The lowest BCUT2D eigenvalue weighted by atomic mass is 10.2. The van der Waals surface area contributed by atoms with Crippen LogP contribution < -0.4 is 10.9 Å². The molecule has 144 valence electrons. The molecule has 9 heteroatoms. The molecule has 0 atom stereocenters. The number of hydrogen-bond donors (Lipinski definition) is 1. The molecule has 0 aliphatic heterocycles. The topological polar surface area (TPSA) is 71.4 Å². The molecular weight excluding hydrogens is 363 g/mol. The van der Waals surface area contributed by atoms with Crippen LogP contribution in [0, 0.1) is 6.92 Å². The molecule has 1 aromatic carbocycles. The molecule has 1 aromatic heterocycles. The number of alkyl halides is 3. The molecule has 27 heavy (non-hydrogen) atoms. The molecule has 0 unspecified atom stereocenters. The third kappa shape index (κ3) is 5.44. The Hall–Kier alpha value is -3.10. The third-order valence-corrected chi connectivity index (χ3v) is 3.77. The molecule has 2 aromatic rings. The summed E-state index contributed by atoms with van der Waals surface area (Å²) in [5, 5.41) is 2.61. The number of aromatic nitrogens is 1. The van der Waals surface area contributed by atoms with Crippen molar-refractivity contribution >= 4 is 17.5 Å². The fourth-order valence-corrected chi connectivity index (χ4v) is 2.28. The summed E-state index contributed by atoms with van der Waals surface area (Å²) < 4.78 is 39.0. The highest BCUT2D eigenvalue weighted by Gasteiger charge is 2.34. The SMILES string of the molecule is Cc1ccc(NC(=O)CN(C)C(=O)Cn2cccc(C(F)(F)F)c2=O)cc1. The maximum absolute atomic E-state index is 12.8. The molecule has 0 radical (unpaired) electrons. The molecule has 0 saturated carbocycles. The Morgan fingerprint density at radius 3 is 2.37 bits per heavy atom. The maximum Gasteiger partial charge on any atom is 0.421 e. The van der Waals surface area contributed by atoms with Crippen molar-refractivity contribution in [2.24, 2.45) is 0 Å². The molecule has 0 spiro atoms. The number of anilines is 1. The Morgan fingerprint density at radius 2 is 1.78 bits per heavy atom. The predicted octanol–water partition coefficient (Wildman–Crippen LogP) is 2.27. The van der Waals surface area contributed by atoms with Gasteiger partial charge >= 0.3 is 6.18 Å². The lowest BCUT2D eigenvalue weighted by Gasteiger charge is -2.18. The Balaban J connectivity index is 2.00. The van der Waals surface area contributed by atoms with E-state index in [9.17, 15) is 27.6 Å². The van der Waals surface area contributed by atoms with Crippen molar-refractivity contribution in [2.45, 2.75) is 19.6 Å². The molecule has 2 amide bonds. The first kappa shape index (κ1) is 20.2. The van der Waals surface area contributed by atoms with E-state index in [1.807, 2.05) is 19.1 Å². The molecule has 0 bridgehead atoms. The third-order valence-electron chi connectivity index (χ3n) is 3.77. The van der Waals surface area contributed by atoms with Crippen LogP contribution in [0.5, 0.6) is 0 Å². The van der Waals surface area contributed by atoms with Crippen LogP contribution in [0.1, 0.15) is 11.1 Å². The number of carbonyl (C=O) groups excluding carboxylic acids is 2. The summed E-state index contributed by atoms with van der Waals surface area (Å²) in [7, 11) is 1.33. The summed E-state index contributed by atoms with van der Waals surface area (Å²) in [5.41, 5.74) is -1.08. The van der Waals surface area contributed by atoms with Crippen molar-refractivity contribution in [2.75, 3.05) is 18.9 Å². The van der Waals surface area contributed by atoms with Crippen molar-refractivity contribution in [3.8, 4) is 0 Å². The Kier molecular flexibility index (Phi) is 6.04. The van der Waals surface area contributed by atoms with Gasteiger partial charge in [0, 0.05) is 18.9 Å². The second kappa shape index (κ2) is 8.07. The first-order valence-electron chi connectivity index (χ1n) is 7.95. The molecule has 0 aliphatic rings. The van der Waals surface area contributed by atoms with Gasteiger partial charge in [-0.1, -0.05) is 17.7 Å². The van der Waals surface area contributed by atoms with Gasteiger partial charge in [0.05, 0.1) is 6.54 Å². The van der Waals surface area contributed by atoms with Gasteiger partial charge in [0.2, 0.25) is 11.8 Å². The summed E-state index contributed by atoms with van der Waals surface area (Å²) in [6.07, 6.45) is -3.71. The van der Waals surface area contributed by atoms with Crippen LogP contribution in [-0.2, 0) is 22.3 Å². The number of nitrogens with one attached hydrogen (secondary N) is 1. The molecular formula is C18H18F3N3O3. The number of nitrogens with zero attached hydrogens (tertiary/aromatic N) is 2. The van der Waals surface area contributed by atoms with E-state index >= 15 is 0 Å². The molecule has 0 aliphatic carbocycles. The monoisotopic (exact) mass is 381 g/mol. The number of pyridine rings is 1. The lowest BCUT2D eigenvalue weighted by Crippen LogP contribution is -2.39. The zero-order valence-corrected chi connectivity index (χ0v) is 14.7. The van der Waals surface area contributed by atoms with Gasteiger partial charge in [-0.3, -0.25) is 14.4 Å². The first-order chi connectivity index (χ1) is 12.6. The standard InChI is InChI=1S/C18H18F3N3O3/c1-12-5-7-13(8-6-12)22-15(25)10-23(2)16(26)11-24-9-3-4-14(17(24)27)18(19,20)21/h3-9H,10-11H2,1-2H3,(H,22,25). The van der Waals surface area contributed by atoms with Crippen LogP contribution in [-0.4, -0.2) is 34.9 Å². The Labute approximate surface area is 153 Å². The normalized spacial score (nSPS) is 11.1. The number of benzene rings is 1. The number of carbonyl (C=O) groups is 2. The minimum atomic E-state index is -4.80. The highest BCUT2D eigenvalue weighted by Crippen LogP contribution is 2.25. The van der Waals surface area contributed by atoms with Crippen molar-refractivity contribution in [1.29, 1.82) is 0 Å². The smallest absolute Gasteiger partial charge is 0.335 e. The van der Waals surface area contributed by atoms with Crippen molar-refractivity contribution in [1.82, 2.24) is 9.47 Å². The fraction of sp³-hybridized carbons (Fsp3) is 0.278. The van der Waals surface area contributed by atoms with E-state index in [-0.39, 0.29) is 6.54 Å². The highest BCUT2D eigenvalue weighted by atomic mass is 19.4. The minimum Gasteiger partial charge on any atom is -0.335 e. The van der Waals surface area contributed by atoms with Gasteiger partial charge in [-0.25, -0.2) is 0 Å². The van der Waals surface area contributed by atoms with Crippen LogP contribution in [0.25, 0.3) is 0 Å². The van der Waals surface area contributed by atoms with E-state index < -0.39 is 35.7 Å². The lowest BCUT2D eigenvalue weighted by molar-refractivity contribution is -0.139. The van der Waals surface area contributed by atoms with Crippen molar-refractivity contribution in [3.63, 3.8) is 0 Å². The molecule has 1 heterocycles. The van der Waals surface area contributed by atoms with E-state index in [4.69, 9.17) is 0 Å². The van der Waals surface area contributed by atoms with Crippen LogP contribution in [0.2, 0.25) is 0 Å². The van der Waals surface area contributed by atoms with Gasteiger partial charge < -0.3 is 14.8 Å². The first-order valence-corrected chi connectivity index (χ1v) is 7.95. The largest absolute Gasteiger partial charge is 0.421 e. The molecule has 6 nitrogen and oxygen atoms in total. The minimum absolute atomic E-state index is 0.305. The number of amides is 2. The number of rotatable bonds is 5. The summed E-state index contributed by atoms with van der Waals surface area (Å²) >= 11 is 0. The summed E-state index contributed by atoms with van der Waals surface area (Å²) in [6, 6.07) is 8.73. The van der Waals surface area contributed by atoms with Gasteiger partial charge in [-0.15, -0.1) is 0 Å². The zero-order valence-electron chi connectivity index (χ0n) is 14.7. The van der Waals surface area contributed by atoms with E-state index in [2.05, 4.69) is 5.32 Å². The fourth-order valence-electron chi connectivity index (χ4n) is 2.28. The van der Waals surface area contributed by atoms with E-state index in [0.29, 0.717) is 16.3 Å². The molecule has 2 rings (SSSR count). The van der Waals surface area contributed by atoms with Gasteiger partial charge in [0.15, 0.2) is 0 Å². The average molecular weight is 381 g/mol. The van der Waals surface area contributed by atoms with Gasteiger partial charge in [0.25, 0.3) is 5.56 Å². The second-order valence-electron chi connectivity index (χ2n) is 6.02. The van der Waals surface area contributed by atoms with E-state index in [1.54, 1.807) is 12.1 Å². The van der Waals surface area contributed by atoms with Gasteiger partial charge in [0.1, 0.15) is 12.1 Å². The van der Waals surface area contributed by atoms with Crippen LogP contribution in [0.4, 0.5) is 18.9 Å². The Morgan fingerprint density at radius 1 is 1.15 bits per heavy atom. The molecule has 0 saturated heterocycles. The van der Waals surface area contributed by atoms with E-state index in [1.165, 1.54) is 7.05 Å². The van der Waals surface area contributed by atoms with E-state index in [0.717, 1.165) is 22.7 Å². The van der Waals surface area contributed by atoms with Crippen LogP contribution in [0.3, 0.4) is 0 Å². The van der Waals surface area contributed by atoms with Crippen LogP contribution in [0.15, 0.2) is 47.4 Å².